The monoisotopic (exact) mass is 271 g/mol. The molecule has 106 valence electrons. The quantitative estimate of drug-likeness (QED) is 0.873. The van der Waals surface area contributed by atoms with Crippen LogP contribution in [0.5, 0.6) is 11.5 Å². The molecule has 0 radical (unpaired) electrons. The molecule has 3 heteroatoms. The molecule has 0 fully saturated rings. The lowest BCUT2D eigenvalue weighted by Gasteiger charge is -2.21. The van der Waals surface area contributed by atoms with Crippen molar-refractivity contribution in [2.24, 2.45) is 0 Å². The van der Waals surface area contributed by atoms with Crippen molar-refractivity contribution in [1.82, 2.24) is 4.90 Å². The van der Waals surface area contributed by atoms with Gasteiger partial charge in [0.25, 0.3) is 0 Å². The van der Waals surface area contributed by atoms with Crippen LogP contribution in [0.2, 0.25) is 0 Å². The summed E-state index contributed by atoms with van der Waals surface area (Å²) in [6.45, 7) is 6.89. The topological polar surface area (TPSA) is 43.7 Å². The van der Waals surface area contributed by atoms with Crippen LogP contribution < -0.4 is 0 Å². The molecule has 0 aliphatic carbocycles. The zero-order valence-corrected chi connectivity index (χ0v) is 12.0. The second kappa shape index (κ2) is 6.44. The Kier molecular flexibility index (Phi) is 4.64. The van der Waals surface area contributed by atoms with Gasteiger partial charge in [0.2, 0.25) is 0 Å². The van der Waals surface area contributed by atoms with E-state index >= 15 is 0 Å². The highest BCUT2D eigenvalue weighted by molar-refractivity contribution is 5.78. The number of hydrogen-bond acceptors (Lipinski definition) is 3. The molecule has 0 atom stereocenters. The first-order chi connectivity index (χ1) is 9.67. The molecule has 0 spiro atoms. The number of rotatable bonds is 5. The van der Waals surface area contributed by atoms with Gasteiger partial charge in [0.15, 0.2) is 0 Å². The molecule has 0 unspecified atom stereocenters. The lowest BCUT2D eigenvalue weighted by molar-refractivity contribution is 0.296. The van der Waals surface area contributed by atoms with Crippen molar-refractivity contribution in [3.8, 4) is 22.6 Å². The highest BCUT2D eigenvalue weighted by atomic mass is 16.3. The van der Waals surface area contributed by atoms with E-state index < -0.39 is 0 Å². The number of benzene rings is 2. The van der Waals surface area contributed by atoms with Gasteiger partial charge >= 0.3 is 0 Å². The molecule has 0 heterocycles. The van der Waals surface area contributed by atoms with Gasteiger partial charge in [0, 0.05) is 17.7 Å². The van der Waals surface area contributed by atoms with Crippen LogP contribution in [-0.2, 0) is 6.54 Å². The summed E-state index contributed by atoms with van der Waals surface area (Å²) >= 11 is 0. The van der Waals surface area contributed by atoms with Crippen molar-refractivity contribution in [3.63, 3.8) is 0 Å². The SMILES string of the molecule is CCN(CC)Cc1cccc(O)c1-c1ccccc1O. The van der Waals surface area contributed by atoms with Crippen LogP contribution in [0.25, 0.3) is 11.1 Å². The van der Waals surface area contributed by atoms with E-state index in [2.05, 4.69) is 18.7 Å². The van der Waals surface area contributed by atoms with Gasteiger partial charge in [-0.3, -0.25) is 4.90 Å². The zero-order chi connectivity index (χ0) is 14.5. The van der Waals surface area contributed by atoms with Crippen molar-refractivity contribution in [2.45, 2.75) is 20.4 Å². The van der Waals surface area contributed by atoms with Gasteiger partial charge in [0.05, 0.1) is 0 Å². The minimum atomic E-state index is 0.190. The first-order valence-corrected chi connectivity index (χ1v) is 6.99. The number of phenols is 2. The summed E-state index contributed by atoms with van der Waals surface area (Å²) in [4.78, 5) is 2.28. The van der Waals surface area contributed by atoms with E-state index in [0.29, 0.717) is 5.56 Å². The molecule has 3 nitrogen and oxygen atoms in total. The Morgan fingerprint density at radius 1 is 0.850 bits per heavy atom. The maximum absolute atomic E-state index is 10.2. The summed E-state index contributed by atoms with van der Waals surface area (Å²) in [5.41, 5.74) is 2.42. The number of aromatic hydroxyl groups is 2. The first kappa shape index (κ1) is 14.4. The molecule has 0 aliphatic rings. The number of phenolic OH excluding ortho intramolecular Hbond substituents is 2. The van der Waals surface area contributed by atoms with Crippen molar-refractivity contribution >= 4 is 0 Å². The predicted molar refractivity (Wildman–Crippen MR) is 81.8 cm³/mol. The lowest BCUT2D eigenvalue weighted by atomic mass is 9.97. The summed E-state index contributed by atoms with van der Waals surface area (Å²) < 4.78 is 0. The smallest absolute Gasteiger partial charge is 0.123 e. The average molecular weight is 271 g/mol. The van der Waals surface area contributed by atoms with E-state index in [1.54, 1.807) is 18.2 Å². The lowest BCUT2D eigenvalue weighted by Crippen LogP contribution is -2.22. The van der Waals surface area contributed by atoms with Crippen LogP contribution in [0.1, 0.15) is 19.4 Å². The molecule has 20 heavy (non-hydrogen) atoms. The van der Waals surface area contributed by atoms with E-state index in [1.807, 2.05) is 24.3 Å². The highest BCUT2D eigenvalue weighted by Crippen LogP contribution is 2.38. The maximum atomic E-state index is 10.2. The van der Waals surface area contributed by atoms with Crippen molar-refractivity contribution in [3.05, 3.63) is 48.0 Å². The molecule has 0 aliphatic heterocycles. The number of nitrogens with zero attached hydrogens (tertiary/aromatic N) is 1. The van der Waals surface area contributed by atoms with E-state index in [0.717, 1.165) is 30.8 Å². The van der Waals surface area contributed by atoms with E-state index in [9.17, 15) is 10.2 Å². The largest absolute Gasteiger partial charge is 0.507 e. The van der Waals surface area contributed by atoms with Gasteiger partial charge in [-0.2, -0.15) is 0 Å². The Balaban J connectivity index is 2.49. The molecule has 0 saturated carbocycles. The summed E-state index contributed by atoms with van der Waals surface area (Å²) in [7, 11) is 0. The van der Waals surface area contributed by atoms with Crippen LogP contribution in [0.15, 0.2) is 42.5 Å². The predicted octanol–water partition coefficient (Wildman–Crippen LogP) is 3.61. The number of hydrogen-bond donors (Lipinski definition) is 2. The van der Waals surface area contributed by atoms with Gasteiger partial charge < -0.3 is 10.2 Å². The summed E-state index contributed by atoms with van der Waals surface area (Å²) in [6.07, 6.45) is 0. The van der Waals surface area contributed by atoms with Gasteiger partial charge in [-0.05, 0) is 30.8 Å². The minimum Gasteiger partial charge on any atom is -0.507 e. The van der Waals surface area contributed by atoms with Gasteiger partial charge in [-0.25, -0.2) is 0 Å². The van der Waals surface area contributed by atoms with E-state index in [-0.39, 0.29) is 11.5 Å². The molecule has 0 saturated heterocycles. The molecule has 0 amide bonds. The van der Waals surface area contributed by atoms with Gasteiger partial charge in [-0.15, -0.1) is 0 Å². The number of para-hydroxylation sites is 1. The fourth-order valence-corrected chi connectivity index (χ4v) is 2.40. The van der Waals surface area contributed by atoms with Crippen molar-refractivity contribution < 1.29 is 10.2 Å². The Morgan fingerprint density at radius 3 is 2.15 bits per heavy atom. The Bertz CT molecular complexity index is 577. The second-order valence-electron chi connectivity index (χ2n) is 4.79. The molecule has 2 aromatic rings. The minimum absolute atomic E-state index is 0.190. The normalized spacial score (nSPS) is 10.9. The fraction of sp³-hybridized carbons (Fsp3) is 0.294. The summed E-state index contributed by atoms with van der Waals surface area (Å²) in [5, 5.41) is 20.2. The second-order valence-corrected chi connectivity index (χ2v) is 4.79. The van der Waals surface area contributed by atoms with E-state index in [4.69, 9.17) is 0 Å². The van der Waals surface area contributed by atoms with Crippen LogP contribution in [0.4, 0.5) is 0 Å². The van der Waals surface area contributed by atoms with Crippen LogP contribution in [0.3, 0.4) is 0 Å². The summed E-state index contributed by atoms with van der Waals surface area (Å²) in [5.74, 6) is 0.394. The third-order valence-corrected chi connectivity index (χ3v) is 3.59. The molecule has 0 aromatic heterocycles. The standard InChI is InChI=1S/C17H21NO2/c1-3-18(4-2)12-13-8-7-11-16(20)17(13)14-9-5-6-10-15(14)19/h5-11,19-20H,3-4,12H2,1-2H3. The Hall–Kier alpha value is -2.00. The van der Waals surface area contributed by atoms with Gasteiger partial charge in [-0.1, -0.05) is 44.2 Å². The third kappa shape index (κ3) is 2.94. The van der Waals surface area contributed by atoms with Crippen LogP contribution in [-0.4, -0.2) is 28.2 Å². The highest BCUT2D eigenvalue weighted by Gasteiger charge is 2.14. The molecule has 2 N–H and O–H groups in total. The van der Waals surface area contributed by atoms with Crippen LogP contribution in [0, 0.1) is 0 Å². The molecule has 0 bridgehead atoms. The van der Waals surface area contributed by atoms with Crippen LogP contribution >= 0.6 is 0 Å². The van der Waals surface area contributed by atoms with Crippen molar-refractivity contribution in [2.75, 3.05) is 13.1 Å². The fourth-order valence-electron chi connectivity index (χ4n) is 2.40. The van der Waals surface area contributed by atoms with Crippen molar-refractivity contribution in [1.29, 1.82) is 0 Å². The first-order valence-electron chi connectivity index (χ1n) is 6.99. The van der Waals surface area contributed by atoms with E-state index in [1.165, 1.54) is 0 Å². The third-order valence-electron chi connectivity index (χ3n) is 3.59. The molecule has 2 rings (SSSR count). The molecular weight excluding hydrogens is 250 g/mol. The Morgan fingerprint density at radius 2 is 1.50 bits per heavy atom. The summed E-state index contributed by atoms with van der Waals surface area (Å²) in [6, 6.07) is 12.6. The van der Waals surface area contributed by atoms with Gasteiger partial charge in [0.1, 0.15) is 11.5 Å². The molecule has 2 aromatic carbocycles. The maximum Gasteiger partial charge on any atom is 0.123 e. The molecular formula is C17H21NO2. The average Bonchev–Trinajstić information content (AvgIpc) is 2.46. The Labute approximate surface area is 120 Å². The zero-order valence-electron chi connectivity index (χ0n) is 12.0.